The normalized spacial score (nSPS) is 12.5. The first kappa shape index (κ1) is 22.5. The second kappa shape index (κ2) is 8.68. The highest BCUT2D eigenvalue weighted by molar-refractivity contribution is 6.24. The van der Waals surface area contributed by atoms with E-state index in [1.165, 1.54) is 6.92 Å². The molecule has 0 amide bonds. The number of carbonyl (C=O) groups is 2. The van der Waals surface area contributed by atoms with Gasteiger partial charge in [0, 0.05) is 17.8 Å². The highest BCUT2D eigenvalue weighted by atomic mass is 19.2. The lowest BCUT2D eigenvalue weighted by atomic mass is 9.91. The number of carboxylic acid groups (broad SMARTS) is 1. The van der Waals surface area contributed by atoms with Crippen molar-refractivity contribution in [3.63, 3.8) is 0 Å². The lowest BCUT2D eigenvalue weighted by molar-refractivity contribution is -0.384. The van der Waals surface area contributed by atoms with Crippen molar-refractivity contribution >= 4 is 28.8 Å². The highest BCUT2D eigenvalue weighted by Crippen LogP contribution is 2.32. The lowest BCUT2D eigenvalue weighted by Gasteiger charge is -2.15. The number of halogens is 4. The van der Waals surface area contributed by atoms with Gasteiger partial charge in [0.2, 0.25) is 0 Å². The van der Waals surface area contributed by atoms with Gasteiger partial charge in [0.05, 0.1) is 10.5 Å². The summed E-state index contributed by atoms with van der Waals surface area (Å²) in [7, 11) is 0. The van der Waals surface area contributed by atoms with Crippen LogP contribution in [0.4, 0.5) is 28.9 Å². The molecule has 2 rings (SSSR count). The number of aliphatic carboxylic acids is 1. The number of ketones is 1. The molecule has 0 aliphatic carbocycles. The molecule has 0 aliphatic heterocycles. The smallest absolute Gasteiger partial charge is 0.320 e. The molecule has 0 spiro atoms. The Labute approximate surface area is 165 Å². The fourth-order valence-corrected chi connectivity index (χ4v) is 2.53. The summed E-state index contributed by atoms with van der Waals surface area (Å²) >= 11 is 0. The van der Waals surface area contributed by atoms with E-state index in [0.29, 0.717) is 0 Å². The molecule has 12 heteroatoms. The average molecular weight is 428 g/mol. The van der Waals surface area contributed by atoms with E-state index in [4.69, 9.17) is 0 Å². The Morgan fingerprint density at radius 2 is 1.77 bits per heavy atom. The Hall–Kier alpha value is -3.83. The molecule has 0 aliphatic rings. The number of benzene rings is 2. The Morgan fingerprint density at radius 3 is 2.30 bits per heavy atom. The Kier molecular flexibility index (Phi) is 6.49. The third-order valence-electron chi connectivity index (χ3n) is 4.01. The van der Waals surface area contributed by atoms with Crippen molar-refractivity contribution in [1.82, 2.24) is 0 Å². The van der Waals surface area contributed by atoms with E-state index in [1.54, 1.807) is 0 Å². The molecule has 2 aromatic carbocycles. The highest BCUT2D eigenvalue weighted by Gasteiger charge is 2.35. The monoisotopic (exact) mass is 428 g/mol. The second-order valence-corrected chi connectivity index (χ2v) is 5.87. The van der Waals surface area contributed by atoms with Gasteiger partial charge in [-0.15, -0.1) is 0 Å². The van der Waals surface area contributed by atoms with E-state index >= 15 is 0 Å². The van der Waals surface area contributed by atoms with Crippen LogP contribution in [0.25, 0.3) is 0 Å². The summed E-state index contributed by atoms with van der Waals surface area (Å²) in [4.78, 5) is 38.0. The largest absolute Gasteiger partial charge is 0.506 e. The Morgan fingerprint density at radius 1 is 1.13 bits per heavy atom. The number of carboxylic acids is 1. The number of aromatic hydroxyl groups is 1. The zero-order chi connectivity index (χ0) is 22.7. The summed E-state index contributed by atoms with van der Waals surface area (Å²) in [6.07, 6.45) is -0.279. The molecule has 0 radical (unpaired) electrons. The van der Waals surface area contributed by atoms with Crippen LogP contribution in [0, 0.1) is 39.3 Å². The van der Waals surface area contributed by atoms with Gasteiger partial charge in [0.25, 0.3) is 5.69 Å². The number of carbonyl (C=O) groups excluding carboxylic acids is 1. The third kappa shape index (κ3) is 4.26. The van der Waals surface area contributed by atoms with Crippen LogP contribution in [0.15, 0.2) is 29.3 Å². The van der Waals surface area contributed by atoms with Crippen LogP contribution >= 0.6 is 0 Å². The summed E-state index contributed by atoms with van der Waals surface area (Å²) in [6.45, 7) is 1.33. The van der Waals surface area contributed by atoms with Gasteiger partial charge < -0.3 is 10.2 Å². The first-order valence-corrected chi connectivity index (χ1v) is 8.14. The van der Waals surface area contributed by atoms with Gasteiger partial charge in [0.15, 0.2) is 35.0 Å². The summed E-state index contributed by atoms with van der Waals surface area (Å²) in [6, 6.07) is 2.67. The van der Waals surface area contributed by atoms with Gasteiger partial charge >= 0.3 is 5.97 Å². The van der Waals surface area contributed by atoms with E-state index in [1.807, 2.05) is 0 Å². The number of phenolic OH excluding ortho intramolecular Hbond substituents is 1. The van der Waals surface area contributed by atoms with Crippen LogP contribution in [0.1, 0.15) is 23.7 Å². The van der Waals surface area contributed by atoms with Gasteiger partial charge in [-0.25, -0.2) is 17.6 Å². The van der Waals surface area contributed by atoms with Crippen molar-refractivity contribution < 1.29 is 42.3 Å². The molecule has 0 aromatic heterocycles. The van der Waals surface area contributed by atoms with Gasteiger partial charge in [-0.05, 0) is 18.6 Å². The third-order valence-corrected chi connectivity index (χ3v) is 4.01. The number of rotatable bonds is 7. The number of hydrogen-bond acceptors (Lipinski definition) is 6. The standard InChI is InChI=1S/C18H12F4N2O6/c1-2-10(23-11-5-7(24(29)30)3-4-12(11)25)13(18(27)28)17(26)8-6-9(19)15(21)16(22)14(8)20/h3-6,13,25H,2H2,1H3,(H,27,28). The van der Waals surface area contributed by atoms with Crippen LogP contribution in [0.2, 0.25) is 0 Å². The molecule has 0 heterocycles. The minimum absolute atomic E-state index is 0.0180. The molecule has 0 fully saturated rings. The molecular weight excluding hydrogens is 416 g/mol. The molecule has 0 saturated carbocycles. The molecule has 30 heavy (non-hydrogen) atoms. The van der Waals surface area contributed by atoms with E-state index in [-0.39, 0.29) is 12.5 Å². The Balaban J connectivity index is 2.63. The van der Waals surface area contributed by atoms with E-state index in [9.17, 15) is 47.5 Å². The van der Waals surface area contributed by atoms with Crippen molar-refractivity contribution in [3.8, 4) is 5.75 Å². The number of hydrogen-bond donors (Lipinski definition) is 2. The number of Topliss-reactive ketones (excluding diaryl/α,β-unsaturated/α-hetero) is 1. The van der Waals surface area contributed by atoms with Crippen LogP contribution in [0.5, 0.6) is 5.75 Å². The van der Waals surface area contributed by atoms with Crippen LogP contribution in [-0.2, 0) is 4.79 Å². The number of phenols is 1. The predicted molar refractivity (Wildman–Crippen MR) is 93.9 cm³/mol. The molecular formula is C18H12F4N2O6. The molecule has 8 nitrogen and oxygen atoms in total. The minimum atomic E-state index is -2.30. The molecule has 2 aromatic rings. The van der Waals surface area contributed by atoms with Crippen molar-refractivity contribution in [2.75, 3.05) is 0 Å². The fourth-order valence-electron chi connectivity index (χ4n) is 2.53. The van der Waals surface area contributed by atoms with Crippen molar-refractivity contribution in [1.29, 1.82) is 0 Å². The quantitative estimate of drug-likeness (QED) is 0.100. The summed E-state index contributed by atoms with van der Waals surface area (Å²) < 4.78 is 54.0. The average Bonchev–Trinajstić information content (AvgIpc) is 2.69. The molecule has 1 atom stereocenters. The zero-order valence-corrected chi connectivity index (χ0v) is 15.0. The van der Waals surface area contributed by atoms with Crippen molar-refractivity contribution in [2.24, 2.45) is 10.9 Å². The van der Waals surface area contributed by atoms with Gasteiger partial charge in [-0.3, -0.25) is 24.7 Å². The van der Waals surface area contributed by atoms with Gasteiger partial charge in [0.1, 0.15) is 11.4 Å². The van der Waals surface area contributed by atoms with Crippen molar-refractivity contribution in [2.45, 2.75) is 13.3 Å². The topological polar surface area (TPSA) is 130 Å². The van der Waals surface area contributed by atoms with E-state index < -0.39 is 74.3 Å². The molecule has 1 unspecified atom stereocenters. The SMILES string of the molecule is CCC(=Nc1cc([N+](=O)[O-])ccc1O)C(C(=O)O)C(=O)c1cc(F)c(F)c(F)c1F. The van der Waals surface area contributed by atoms with Gasteiger partial charge in [-0.2, -0.15) is 0 Å². The number of aliphatic imine (C=N–C) groups is 1. The van der Waals surface area contributed by atoms with Crippen LogP contribution in [-0.4, -0.2) is 32.6 Å². The maximum Gasteiger partial charge on any atom is 0.320 e. The van der Waals surface area contributed by atoms with Gasteiger partial charge in [-0.1, -0.05) is 6.92 Å². The van der Waals surface area contributed by atoms with E-state index in [2.05, 4.69) is 4.99 Å². The first-order chi connectivity index (χ1) is 14.0. The lowest BCUT2D eigenvalue weighted by Crippen LogP contribution is -2.32. The zero-order valence-electron chi connectivity index (χ0n) is 15.0. The molecule has 0 bridgehead atoms. The van der Waals surface area contributed by atoms with E-state index in [0.717, 1.165) is 18.2 Å². The summed E-state index contributed by atoms with van der Waals surface area (Å²) in [5.41, 5.74) is -2.83. The van der Waals surface area contributed by atoms with Crippen LogP contribution in [0.3, 0.4) is 0 Å². The molecule has 0 saturated heterocycles. The first-order valence-electron chi connectivity index (χ1n) is 8.14. The maximum atomic E-state index is 14.0. The number of nitrogens with zero attached hydrogens (tertiary/aromatic N) is 2. The van der Waals surface area contributed by atoms with Crippen molar-refractivity contribution in [3.05, 3.63) is 63.2 Å². The number of non-ortho nitro benzene ring substituents is 1. The minimum Gasteiger partial charge on any atom is -0.506 e. The second-order valence-electron chi connectivity index (χ2n) is 5.87. The fraction of sp³-hybridized carbons (Fsp3) is 0.167. The van der Waals surface area contributed by atoms with Crippen LogP contribution < -0.4 is 0 Å². The summed E-state index contributed by atoms with van der Waals surface area (Å²) in [5.74, 6) is -14.8. The molecule has 158 valence electrons. The summed E-state index contributed by atoms with van der Waals surface area (Å²) in [5, 5.41) is 30.1. The molecule has 2 N–H and O–H groups in total. The predicted octanol–water partition coefficient (Wildman–Crippen LogP) is 3.92. The Bertz CT molecular complexity index is 1090. The maximum absolute atomic E-state index is 14.0. The number of nitro benzene ring substituents is 1. The number of nitro groups is 1.